The van der Waals surface area contributed by atoms with Crippen LogP contribution >= 0.6 is 0 Å². The molecule has 4 aliphatic carbocycles. The van der Waals surface area contributed by atoms with E-state index in [0.717, 1.165) is 38.5 Å². The molecule has 0 spiro atoms. The summed E-state index contributed by atoms with van der Waals surface area (Å²) in [7, 11) is -8.02. The third-order valence-electron chi connectivity index (χ3n) is 25.9. The summed E-state index contributed by atoms with van der Waals surface area (Å²) in [6.07, 6.45) is 10.1. The minimum atomic E-state index is -4.01. The van der Waals surface area contributed by atoms with Crippen molar-refractivity contribution in [3.63, 3.8) is 0 Å². The van der Waals surface area contributed by atoms with Crippen molar-refractivity contribution < 1.29 is 101 Å². The van der Waals surface area contributed by atoms with Crippen molar-refractivity contribution in [3.8, 4) is 23.5 Å². The predicted octanol–water partition coefficient (Wildman–Crippen LogP) is 14.7. The Balaban J connectivity index is 0.000000231. The fraction of sp³-hybridized carbons (Fsp3) is 0.659. The average molecular weight is 1690 g/mol. The van der Waals surface area contributed by atoms with Crippen LogP contribution in [0.1, 0.15) is 226 Å². The normalized spacial score (nSPS) is 29.4. The van der Waals surface area contributed by atoms with E-state index in [1.165, 1.54) is 9.80 Å². The van der Waals surface area contributed by atoms with E-state index < -0.39 is 183 Å². The first-order valence-corrected chi connectivity index (χ1v) is 44.7. The Morgan fingerprint density at radius 3 is 1.22 bits per heavy atom. The number of hydrogen-bond donors (Lipinski definition) is 2. The zero-order valence-electron chi connectivity index (χ0n) is 70.8. The van der Waals surface area contributed by atoms with Gasteiger partial charge in [0.05, 0.1) is 82.4 Å². The number of Topliss-reactive ketones (excluding diaryl/α,β-unsaturated/α-hetero) is 2. The van der Waals surface area contributed by atoms with Gasteiger partial charge in [-0.05, 0) is 205 Å². The number of amides is 4. The third kappa shape index (κ3) is 20.3. The lowest BCUT2D eigenvalue weighted by Crippen LogP contribution is -2.49. The second kappa shape index (κ2) is 34.3. The molecule has 12 rings (SSSR count). The molecule has 6 fully saturated rings. The Labute approximate surface area is 690 Å². The number of sulfonamides is 2. The van der Waals surface area contributed by atoms with Crippen LogP contribution in [0.15, 0.2) is 85.0 Å². The summed E-state index contributed by atoms with van der Waals surface area (Å²) in [4.78, 5) is 127. The van der Waals surface area contributed by atoms with Gasteiger partial charge in [-0.2, -0.15) is 9.97 Å². The molecule has 4 aliphatic heterocycles. The highest BCUT2D eigenvalue weighted by molar-refractivity contribution is 7.92. The molecule has 24 nitrogen and oxygen atoms in total. The van der Waals surface area contributed by atoms with Crippen molar-refractivity contribution in [2.45, 2.75) is 295 Å². The van der Waals surface area contributed by atoms with Crippen LogP contribution in [0.25, 0.3) is 21.5 Å². The number of carbonyl (C=O) groups is 8. The van der Waals surface area contributed by atoms with Crippen LogP contribution in [0.5, 0.6) is 23.5 Å². The zero-order valence-corrected chi connectivity index (χ0v) is 72.4. The highest BCUT2D eigenvalue weighted by Gasteiger charge is 2.65. The lowest BCUT2D eigenvalue weighted by atomic mass is 9.82. The Morgan fingerprint density at radius 1 is 0.542 bits per heavy atom. The molecule has 4 saturated carbocycles. The summed E-state index contributed by atoms with van der Waals surface area (Å²) in [5.41, 5.74) is -6.99. The predicted molar refractivity (Wildman–Crippen MR) is 434 cm³/mol. The van der Waals surface area contributed by atoms with Crippen molar-refractivity contribution in [1.29, 1.82) is 0 Å². The smallest absolute Gasteiger partial charge is 0.307 e. The Bertz CT molecular complexity index is 4490. The van der Waals surface area contributed by atoms with Gasteiger partial charge in [-0.15, -0.1) is 0 Å². The monoisotopic (exact) mass is 1690 g/mol. The van der Waals surface area contributed by atoms with Crippen LogP contribution in [0.4, 0.5) is 17.6 Å². The molecule has 8 aliphatic rings. The van der Waals surface area contributed by atoms with Gasteiger partial charge in [-0.1, -0.05) is 88.4 Å². The molecule has 4 aromatic rings. The molecule has 2 N–H and O–H groups in total. The summed E-state index contributed by atoms with van der Waals surface area (Å²) in [5.74, 6) is -14.6. The second-order valence-corrected chi connectivity index (χ2v) is 41.7. The number of ether oxygens (including phenoxy) is 6. The van der Waals surface area contributed by atoms with Gasteiger partial charge in [0.25, 0.3) is 11.8 Å². The molecule has 4 amide bonds. The maximum atomic E-state index is 15.0. The van der Waals surface area contributed by atoms with E-state index in [-0.39, 0.29) is 87.4 Å². The van der Waals surface area contributed by atoms with Crippen molar-refractivity contribution in [2.24, 2.45) is 58.2 Å². The number of carbonyl (C=O) groups excluding carboxylic acids is 8. The number of pyridine rings is 2. The highest BCUT2D eigenvalue weighted by atomic mass is 32.2. The standard InChI is InChI=1S/2C44H59F2N3O9S/c2*1-26(2)56-36-20-29-14-10-12-16-32(29)38(47-36)57-31-21-34-35(50)24-44(40(53)48-59(54,55)42(7)17-18-42)23-30(44)15-11-9-13-27(3)19-28(4)33(39(52)49(34)25-31)22-37(51)58-41(5,6)43(8,45)46/h2*10-12,14-16,20,26-28,30-31,33-34H,9,13,17-19,21-25H2,1-8H3,(H,48,53)/b2*15-11-/t27-,28+,30+,31+,33-,34-,44+;27-,28-,30-,31-,33+,34+,44-/m01/s1. The number of esters is 2. The van der Waals surface area contributed by atoms with Gasteiger partial charge in [0, 0.05) is 62.4 Å². The molecule has 2 saturated heterocycles. The Kier molecular flexibility index (Phi) is 26.3. The Hall–Kier alpha value is -8.28. The summed E-state index contributed by atoms with van der Waals surface area (Å²) in [6, 6.07) is 16.2. The first-order valence-electron chi connectivity index (χ1n) is 41.7. The van der Waals surface area contributed by atoms with E-state index in [2.05, 4.69) is 19.4 Å². The number of alkyl halides is 4. The van der Waals surface area contributed by atoms with E-state index in [1.807, 2.05) is 128 Å². The van der Waals surface area contributed by atoms with Crippen molar-refractivity contribution >= 4 is 88.7 Å². The maximum absolute atomic E-state index is 15.0. The third-order valence-corrected chi connectivity index (χ3v) is 30.2. The van der Waals surface area contributed by atoms with E-state index in [1.54, 1.807) is 26.0 Å². The number of fused-ring (bicyclic) bond motifs is 6. The van der Waals surface area contributed by atoms with Crippen molar-refractivity contribution in [2.75, 3.05) is 13.1 Å². The number of allylic oxidation sites excluding steroid dienone is 4. The van der Waals surface area contributed by atoms with Gasteiger partial charge >= 0.3 is 11.9 Å². The molecular weight excluding hydrogens is 1570 g/mol. The van der Waals surface area contributed by atoms with E-state index in [9.17, 15) is 72.8 Å². The second-order valence-electron chi connectivity index (χ2n) is 37.3. The molecule has 0 unspecified atom stereocenters. The molecule has 648 valence electrons. The molecular formula is C88H118F4N6O18S2. The van der Waals surface area contributed by atoms with Crippen LogP contribution < -0.4 is 28.4 Å². The molecule has 2 aromatic carbocycles. The summed E-state index contributed by atoms with van der Waals surface area (Å²) >= 11 is 0. The maximum Gasteiger partial charge on any atom is 0.307 e. The van der Waals surface area contributed by atoms with Crippen LogP contribution in [0, 0.1) is 58.2 Å². The van der Waals surface area contributed by atoms with Gasteiger partial charge in [-0.25, -0.2) is 34.4 Å². The van der Waals surface area contributed by atoms with Crippen LogP contribution in [-0.4, -0.2) is 166 Å². The van der Waals surface area contributed by atoms with Gasteiger partial charge in [0.2, 0.25) is 67.2 Å². The number of benzene rings is 2. The van der Waals surface area contributed by atoms with E-state index in [4.69, 9.17) is 28.4 Å². The highest BCUT2D eigenvalue weighted by Crippen LogP contribution is 2.60. The van der Waals surface area contributed by atoms with E-state index in [0.29, 0.717) is 101 Å². The minimum absolute atomic E-state index is 0.0153. The van der Waals surface area contributed by atoms with Crippen LogP contribution in [0.2, 0.25) is 0 Å². The number of nitrogens with one attached hydrogen (secondary N) is 2. The Morgan fingerprint density at radius 2 is 0.890 bits per heavy atom. The number of aromatic nitrogens is 2. The van der Waals surface area contributed by atoms with Gasteiger partial charge in [0.1, 0.15) is 12.2 Å². The molecule has 6 heterocycles. The number of ketones is 2. The number of rotatable bonds is 22. The number of hydrogen-bond acceptors (Lipinski definition) is 20. The molecule has 30 heteroatoms. The first-order chi connectivity index (χ1) is 54.9. The molecule has 0 bridgehead atoms. The lowest BCUT2D eigenvalue weighted by Gasteiger charge is -2.34. The van der Waals surface area contributed by atoms with Gasteiger partial charge in [-0.3, -0.25) is 47.8 Å². The van der Waals surface area contributed by atoms with Crippen LogP contribution in [-0.2, 0) is 67.9 Å². The molecule has 2 aromatic heterocycles. The van der Waals surface area contributed by atoms with Gasteiger partial charge in [0.15, 0.2) is 22.8 Å². The quantitative estimate of drug-likeness (QED) is 0.0419. The fourth-order valence-electron chi connectivity index (χ4n) is 16.7. The number of halogens is 4. The average Bonchev–Trinajstić information content (AvgIpc) is 1.57. The summed E-state index contributed by atoms with van der Waals surface area (Å²) < 4.78 is 149. The molecule has 14 atom stereocenters. The minimum Gasteiger partial charge on any atom is -0.475 e. The largest absolute Gasteiger partial charge is 0.475 e. The first kappa shape index (κ1) is 90.5. The lowest BCUT2D eigenvalue weighted by molar-refractivity contribution is -0.197. The zero-order chi connectivity index (χ0) is 86.6. The topological polar surface area (TPSA) is 317 Å². The van der Waals surface area contributed by atoms with E-state index >= 15 is 0 Å². The molecule has 0 radical (unpaired) electrons. The molecule has 118 heavy (non-hydrogen) atoms. The van der Waals surface area contributed by atoms with Crippen molar-refractivity contribution in [3.05, 3.63) is 85.0 Å². The van der Waals surface area contributed by atoms with Gasteiger partial charge < -0.3 is 38.2 Å². The summed E-state index contributed by atoms with van der Waals surface area (Å²) in [6.45, 7) is 24.0. The van der Waals surface area contributed by atoms with Crippen molar-refractivity contribution in [1.82, 2.24) is 29.2 Å². The number of nitrogens with zero attached hydrogens (tertiary/aromatic N) is 4. The summed E-state index contributed by atoms with van der Waals surface area (Å²) in [5, 5.41) is 2.95. The fourth-order valence-corrected chi connectivity index (χ4v) is 19.4. The van der Waals surface area contributed by atoms with Crippen LogP contribution in [0.3, 0.4) is 0 Å². The SMILES string of the molecule is CC(C)Oc1cc2ccccc2c(O[C@@H]2C[C@H]3C(=O)C[C@]4(C(=O)NS(=O)(=O)C5(C)CC5)C[C@H]4/C=C\CC[C@@H](C)C[C@@H](C)[C@H](CC(=O)OC(C)(C)C(C)(F)F)C(=O)N3C2)n1.CC(C)Oc1cc2ccccc2c(O[C@@H]2C[C@H]3C(=O)C[C@]4(C(=O)NS(=O)(=O)C5(C)CC5)C[C@H]4/C=C\CC[C@H](C)C[C@@H](C)[C@H](CC(=O)OC(C)(C)C(C)(F)F)C(=O)N3C2)n1.